The van der Waals surface area contributed by atoms with Crippen molar-refractivity contribution in [3.8, 4) is 5.69 Å². The second-order valence-electron chi connectivity index (χ2n) is 4.54. The molecule has 0 radical (unpaired) electrons. The van der Waals surface area contributed by atoms with Crippen molar-refractivity contribution in [3.63, 3.8) is 0 Å². The number of nitrogens with zero attached hydrogens (tertiary/aromatic N) is 3. The molecule has 0 saturated carbocycles. The van der Waals surface area contributed by atoms with Gasteiger partial charge in [-0.15, -0.1) is 0 Å². The number of carbonyl (C=O) groups is 1. The fraction of sp³-hybridized carbons (Fsp3) is 0.357. The van der Waals surface area contributed by atoms with Crippen LogP contribution in [0, 0.1) is 0 Å². The third-order valence-electron chi connectivity index (χ3n) is 3.32. The highest BCUT2D eigenvalue weighted by Crippen LogP contribution is 2.23. The highest BCUT2D eigenvalue weighted by atomic mass is 35.5. The van der Waals surface area contributed by atoms with Crippen LogP contribution < -0.4 is 0 Å². The fourth-order valence-electron chi connectivity index (χ4n) is 2.14. The van der Waals surface area contributed by atoms with Crippen LogP contribution in [-0.4, -0.2) is 26.1 Å². The van der Waals surface area contributed by atoms with E-state index in [-0.39, 0.29) is 5.56 Å². The Morgan fingerprint density at radius 3 is 2.70 bits per heavy atom. The van der Waals surface area contributed by atoms with Gasteiger partial charge in [0.15, 0.2) is 0 Å². The summed E-state index contributed by atoms with van der Waals surface area (Å²) in [5.74, 6) is -0.700. The lowest BCUT2D eigenvalue weighted by molar-refractivity contribution is 0.0696. The molecule has 0 aliphatic carbocycles. The summed E-state index contributed by atoms with van der Waals surface area (Å²) in [6.07, 6.45) is 3.62. The Labute approximate surface area is 122 Å². The quantitative estimate of drug-likeness (QED) is 0.916. The first-order valence-electron chi connectivity index (χ1n) is 6.52. The molecule has 20 heavy (non-hydrogen) atoms. The molecule has 0 aliphatic heterocycles. The van der Waals surface area contributed by atoms with Crippen molar-refractivity contribution in [1.82, 2.24) is 15.0 Å². The van der Waals surface area contributed by atoms with Crippen LogP contribution in [-0.2, 0) is 0 Å². The zero-order valence-corrected chi connectivity index (χ0v) is 12.1. The normalized spacial score (nSPS) is 11.0. The van der Waals surface area contributed by atoms with Crippen molar-refractivity contribution in [2.45, 2.75) is 32.6 Å². The van der Waals surface area contributed by atoms with Gasteiger partial charge in [-0.1, -0.05) is 25.4 Å². The average molecular weight is 294 g/mol. The Bertz CT molecular complexity index is 621. The largest absolute Gasteiger partial charge is 0.478 e. The van der Waals surface area contributed by atoms with E-state index in [1.54, 1.807) is 18.3 Å². The van der Waals surface area contributed by atoms with E-state index < -0.39 is 5.97 Å². The van der Waals surface area contributed by atoms with Gasteiger partial charge < -0.3 is 5.11 Å². The van der Waals surface area contributed by atoms with E-state index in [0.29, 0.717) is 16.6 Å². The lowest BCUT2D eigenvalue weighted by Gasteiger charge is -2.08. The molecule has 0 unspecified atom stereocenters. The Balaban J connectivity index is 2.46. The van der Waals surface area contributed by atoms with Crippen LogP contribution in [0.1, 0.15) is 48.7 Å². The number of aromatic nitrogens is 3. The van der Waals surface area contributed by atoms with E-state index >= 15 is 0 Å². The van der Waals surface area contributed by atoms with E-state index in [0.717, 1.165) is 18.5 Å². The molecule has 0 amide bonds. The number of hydrogen-bond acceptors (Lipinski definition) is 3. The summed E-state index contributed by atoms with van der Waals surface area (Å²) < 4.78 is 0. The first-order valence-corrected chi connectivity index (χ1v) is 6.90. The summed E-state index contributed by atoms with van der Waals surface area (Å²) in [7, 11) is 0. The molecule has 1 heterocycles. The summed E-state index contributed by atoms with van der Waals surface area (Å²) >= 11 is 5.93. The van der Waals surface area contributed by atoms with Gasteiger partial charge in [0.05, 0.1) is 17.5 Å². The number of aromatic carboxylic acids is 1. The monoisotopic (exact) mass is 293 g/mol. The molecule has 1 aromatic carbocycles. The maximum atomic E-state index is 11.2. The molecule has 2 rings (SSSR count). The second kappa shape index (κ2) is 6.05. The van der Waals surface area contributed by atoms with Gasteiger partial charge in [0.25, 0.3) is 0 Å². The van der Waals surface area contributed by atoms with E-state index in [1.807, 2.05) is 0 Å². The second-order valence-corrected chi connectivity index (χ2v) is 4.98. The van der Waals surface area contributed by atoms with Crippen LogP contribution in [0.25, 0.3) is 5.69 Å². The summed E-state index contributed by atoms with van der Waals surface area (Å²) in [6.45, 7) is 4.19. The topological polar surface area (TPSA) is 68.0 Å². The van der Waals surface area contributed by atoms with Crippen LogP contribution in [0.5, 0.6) is 0 Å². The first-order chi connectivity index (χ1) is 9.56. The Morgan fingerprint density at radius 2 is 2.10 bits per heavy atom. The molecule has 0 saturated heterocycles. The van der Waals surface area contributed by atoms with Crippen LogP contribution in [0.2, 0.25) is 5.02 Å². The molecule has 6 heteroatoms. The standard InChI is InChI=1S/C14H16ClN3O2/c1-3-9(4-2)12-8-16-18(17-12)13-7-10(15)5-6-11(13)14(19)20/h5-9H,3-4H2,1-2H3,(H,19,20). The fourth-order valence-corrected chi connectivity index (χ4v) is 2.30. The molecule has 0 spiro atoms. The van der Waals surface area contributed by atoms with Crippen LogP contribution in [0.15, 0.2) is 24.4 Å². The summed E-state index contributed by atoms with van der Waals surface area (Å²) in [4.78, 5) is 12.6. The highest BCUT2D eigenvalue weighted by molar-refractivity contribution is 6.30. The lowest BCUT2D eigenvalue weighted by atomic mass is 10.0. The SMILES string of the molecule is CCC(CC)c1cnn(-c2cc(Cl)ccc2C(=O)O)n1. The van der Waals surface area contributed by atoms with Crippen molar-refractivity contribution in [1.29, 1.82) is 0 Å². The van der Waals surface area contributed by atoms with Gasteiger partial charge in [-0.25, -0.2) is 4.79 Å². The van der Waals surface area contributed by atoms with Gasteiger partial charge in [-0.05, 0) is 31.0 Å². The number of carboxylic acid groups (broad SMARTS) is 1. The maximum Gasteiger partial charge on any atom is 0.337 e. The summed E-state index contributed by atoms with van der Waals surface area (Å²) in [6, 6.07) is 4.56. The van der Waals surface area contributed by atoms with Crippen molar-refractivity contribution < 1.29 is 9.90 Å². The van der Waals surface area contributed by atoms with Crippen molar-refractivity contribution in [2.75, 3.05) is 0 Å². The molecule has 0 bridgehead atoms. The highest BCUT2D eigenvalue weighted by Gasteiger charge is 2.16. The van der Waals surface area contributed by atoms with E-state index in [4.69, 9.17) is 11.6 Å². The molecule has 5 nitrogen and oxygen atoms in total. The van der Waals surface area contributed by atoms with Gasteiger partial charge in [0.1, 0.15) is 5.69 Å². The molecule has 0 fully saturated rings. The maximum absolute atomic E-state index is 11.2. The molecule has 1 aromatic heterocycles. The lowest BCUT2D eigenvalue weighted by Crippen LogP contribution is -2.08. The molecule has 0 atom stereocenters. The smallest absolute Gasteiger partial charge is 0.337 e. The van der Waals surface area contributed by atoms with Crippen LogP contribution in [0.4, 0.5) is 0 Å². The Hall–Kier alpha value is -1.88. The third-order valence-corrected chi connectivity index (χ3v) is 3.55. The van der Waals surface area contributed by atoms with Gasteiger partial charge in [0, 0.05) is 10.9 Å². The molecule has 2 aromatic rings. The summed E-state index contributed by atoms with van der Waals surface area (Å²) in [5.41, 5.74) is 1.37. The molecule has 0 aliphatic rings. The van der Waals surface area contributed by atoms with E-state index in [9.17, 15) is 9.90 Å². The molecule has 1 N–H and O–H groups in total. The van der Waals surface area contributed by atoms with Crippen LogP contribution in [0.3, 0.4) is 0 Å². The number of halogens is 1. The minimum atomic E-state index is -1.03. The minimum absolute atomic E-state index is 0.126. The summed E-state index contributed by atoms with van der Waals surface area (Å²) in [5, 5.41) is 18.2. The number of rotatable bonds is 5. The number of hydrogen-bond donors (Lipinski definition) is 1. The van der Waals surface area contributed by atoms with Gasteiger partial charge in [-0.3, -0.25) is 0 Å². The zero-order valence-electron chi connectivity index (χ0n) is 11.4. The van der Waals surface area contributed by atoms with E-state index in [1.165, 1.54) is 10.9 Å². The van der Waals surface area contributed by atoms with Gasteiger partial charge in [0.2, 0.25) is 0 Å². The number of benzene rings is 1. The van der Waals surface area contributed by atoms with Gasteiger partial charge in [-0.2, -0.15) is 15.0 Å². The van der Waals surface area contributed by atoms with Gasteiger partial charge >= 0.3 is 5.97 Å². The number of carboxylic acids is 1. The Morgan fingerprint density at radius 1 is 1.40 bits per heavy atom. The molecular weight excluding hydrogens is 278 g/mol. The molecular formula is C14H16ClN3O2. The molecule has 106 valence electrons. The predicted molar refractivity (Wildman–Crippen MR) is 76.7 cm³/mol. The first kappa shape index (κ1) is 14.5. The van der Waals surface area contributed by atoms with Crippen molar-refractivity contribution >= 4 is 17.6 Å². The third kappa shape index (κ3) is 2.82. The Kier molecular flexibility index (Phi) is 4.39. The average Bonchev–Trinajstić information content (AvgIpc) is 2.89. The van der Waals surface area contributed by atoms with E-state index in [2.05, 4.69) is 24.0 Å². The minimum Gasteiger partial charge on any atom is -0.478 e. The van der Waals surface area contributed by atoms with Crippen molar-refractivity contribution in [2.24, 2.45) is 0 Å². The predicted octanol–water partition coefficient (Wildman–Crippen LogP) is 3.52. The zero-order chi connectivity index (χ0) is 14.7. The van der Waals surface area contributed by atoms with Crippen molar-refractivity contribution in [3.05, 3.63) is 40.7 Å². The van der Waals surface area contributed by atoms with Crippen LogP contribution >= 0.6 is 11.6 Å².